The van der Waals surface area contributed by atoms with E-state index in [1.807, 2.05) is 12.3 Å². The molecule has 5 nitrogen and oxygen atoms in total. The van der Waals surface area contributed by atoms with Gasteiger partial charge in [0.05, 0.1) is 11.4 Å². The average Bonchev–Trinajstić information content (AvgIpc) is 3.94. The number of ether oxygens (including phenoxy) is 1. The number of hydrogen-bond acceptors (Lipinski definition) is 2. The Balaban J connectivity index is 0.00000608. The number of pyridine rings is 1. The molecule has 10 aromatic rings. The fourth-order valence-electron chi connectivity index (χ4n) is 9.44. The summed E-state index contributed by atoms with van der Waals surface area (Å²) in [5.41, 5.74) is 12.4. The minimum atomic E-state index is -0.239. The molecule has 3 aromatic heterocycles. The molecule has 6 heteroatoms. The Hall–Kier alpha value is -6.81. The Morgan fingerprint density at radius 1 is 0.500 bits per heavy atom. The van der Waals surface area contributed by atoms with E-state index in [-0.39, 0.29) is 42.7 Å². The van der Waals surface area contributed by atoms with E-state index in [9.17, 15) is 0 Å². The molecule has 3 heterocycles. The van der Waals surface area contributed by atoms with Crippen molar-refractivity contribution < 1.29 is 30.4 Å². The Labute approximate surface area is 428 Å². The van der Waals surface area contributed by atoms with Crippen LogP contribution in [0.3, 0.4) is 0 Å². The third-order valence-corrected chi connectivity index (χ3v) is 14.0. The summed E-state index contributed by atoms with van der Waals surface area (Å²) in [4.78, 5) is 4.98. The van der Waals surface area contributed by atoms with Crippen molar-refractivity contribution in [1.82, 2.24) is 14.1 Å². The van der Waals surface area contributed by atoms with E-state index in [0.717, 1.165) is 55.8 Å². The number of para-hydroxylation sites is 1. The summed E-state index contributed by atoms with van der Waals surface area (Å²) in [5, 5.41) is 2.20. The molecular weight excluding hydrogens is 1040 g/mol. The van der Waals surface area contributed by atoms with Gasteiger partial charge in [-0.1, -0.05) is 190 Å². The summed E-state index contributed by atoms with van der Waals surface area (Å²) in [7, 11) is 0. The molecule has 0 N–H and O–H groups in total. The van der Waals surface area contributed by atoms with Gasteiger partial charge in [0.1, 0.15) is 5.82 Å². The number of benzene rings is 7. The molecule has 0 amide bonds. The number of rotatable bonds is 10. The van der Waals surface area contributed by atoms with Crippen molar-refractivity contribution in [2.24, 2.45) is 0 Å². The van der Waals surface area contributed by atoms with Crippen molar-refractivity contribution in [3.05, 3.63) is 234 Å². The first-order valence-electron chi connectivity index (χ1n) is 24.0. The molecule has 0 aliphatic rings. The molecule has 10 rings (SSSR count). The first-order chi connectivity index (χ1) is 32.9. The van der Waals surface area contributed by atoms with E-state index in [1.165, 1.54) is 27.8 Å². The molecule has 0 unspecified atom stereocenters. The predicted octanol–water partition coefficient (Wildman–Crippen LogP) is 15.4. The fourth-order valence-corrected chi connectivity index (χ4v) is 9.44. The maximum absolute atomic E-state index is 6.91. The van der Waals surface area contributed by atoms with E-state index in [2.05, 4.69) is 271 Å². The van der Waals surface area contributed by atoms with Gasteiger partial charge in [0, 0.05) is 61.3 Å². The van der Waals surface area contributed by atoms with Gasteiger partial charge in [-0.15, -0.1) is 29.7 Å². The molecule has 354 valence electrons. The van der Waals surface area contributed by atoms with Crippen LogP contribution >= 0.6 is 0 Å². The van der Waals surface area contributed by atoms with Crippen LogP contribution in [-0.2, 0) is 42.7 Å². The maximum Gasteiger partial charge on any atom is 0.267 e. The van der Waals surface area contributed by atoms with Crippen LogP contribution in [0.2, 0.25) is 0 Å². The molecule has 0 saturated heterocycles. The largest absolute Gasteiger partial charge is 0.510 e. The number of hydrogen-bond donors (Lipinski definition) is 0. The van der Waals surface area contributed by atoms with Crippen molar-refractivity contribution in [1.29, 1.82) is 0 Å². The topological polar surface area (TPSA) is 35.9 Å². The Morgan fingerprint density at radius 3 is 1.74 bits per heavy atom. The summed E-state index contributed by atoms with van der Waals surface area (Å²) >= 11 is 0. The zero-order chi connectivity index (χ0) is 48.3. The zero-order valence-corrected chi connectivity index (χ0v) is 44.1. The van der Waals surface area contributed by atoms with E-state index in [1.54, 1.807) is 0 Å². The molecule has 70 heavy (non-hydrogen) atoms. The average molecular weight is 1100 g/mol. The van der Waals surface area contributed by atoms with Gasteiger partial charge >= 0.3 is 0 Å². The van der Waals surface area contributed by atoms with Crippen molar-refractivity contribution in [2.75, 3.05) is 0 Å². The Morgan fingerprint density at radius 2 is 1.09 bits per heavy atom. The van der Waals surface area contributed by atoms with Crippen LogP contribution in [0.5, 0.6) is 11.5 Å². The van der Waals surface area contributed by atoms with E-state index in [4.69, 9.17) is 9.72 Å². The third-order valence-electron chi connectivity index (χ3n) is 14.0. The van der Waals surface area contributed by atoms with Gasteiger partial charge in [0.25, 0.3) is 6.33 Å². The molecule has 7 aromatic carbocycles. The second-order valence-corrected chi connectivity index (χ2v) is 21.5. The van der Waals surface area contributed by atoms with Gasteiger partial charge in [-0.25, -0.2) is 4.98 Å². The van der Waals surface area contributed by atoms with E-state index < -0.39 is 0 Å². The summed E-state index contributed by atoms with van der Waals surface area (Å²) < 4.78 is 13.4. The molecule has 0 aliphatic carbocycles. The normalized spacial score (nSPS) is 12.3. The summed E-state index contributed by atoms with van der Waals surface area (Å²) in [5.74, 6) is 2.01. The van der Waals surface area contributed by atoms with E-state index in [0.29, 0.717) is 11.5 Å². The number of fused-ring (bicyclic) bond motifs is 3. The Bertz CT molecular complexity index is 3480. The van der Waals surface area contributed by atoms with Gasteiger partial charge < -0.3 is 13.9 Å². The van der Waals surface area contributed by atoms with Crippen molar-refractivity contribution in [3.8, 4) is 39.9 Å². The third kappa shape index (κ3) is 9.20. The molecule has 0 radical (unpaired) electrons. The van der Waals surface area contributed by atoms with Gasteiger partial charge in [0.15, 0.2) is 0 Å². The second-order valence-electron chi connectivity index (χ2n) is 21.5. The van der Waals surface area contributed by atoms with Crippen LogP contribution in [0.25, 0.3) is 50.3 Å². The number of imidazole rings is 1. The smallest absolute Gasteiger partial charge is 0.267 e. The summed E-state index contributed by atoms with van der Waals surface area (Å²) in [6.07, 6.45) is 7.91. The molecule has 0 atom stereocenters. The standard InChI is InChI=1S/C64H60N4O.Pt/c1-61(2,3)48-34-50(64(9,10)46-26-18-13-19-27-46)37-51(35-48)66-42-59(44-22-14-11-15-23-44)67(43-66)52-36-49(62(4,5)6)38-54(40-52)69-53-30-31-56-55-28-20-21-29-57(55)68(58(56)41-53)60-39-47(32-33-65-60)63(7,8)45-24-16-12-17-25-45;/h11-39,42H,1-10H3;/q-2;. The summed E-state index contributed by atoms with van der Waals surface area (Å²) in [6, 6.07) is 67.7. The SMILES string of the molecule is CC(C)(C)c1cc(Oc2[c-]c3c(cc2)c2ccccc2n3-c2cc(C(C)(C)c3ccccc3)ccn2)[c-]c(-n2[c-][n+](-c3cc(C(C)(C)C)cc(C(C)(C)c4ccccc4)c3)cc2-c2ccccc2)c1.[Pt]. The van der Waals surface area contributed by atoms with Crippen molar-refractivity contribution in [3.63, 3.8) is 0 Å². The van der Waals surface area contributed by atoms with Gasteiger partial charge in [-0.2, -0.15) is 17.7 Å². The molecule has 0 spiro atoms. The molecular formula is C64H60N4OPt-2. The minimum absolute atomic E-state index is 0. The Kier molecular flexibility index (Phi) is 12.7. The van der Waals surface area contributed by atoms with Crippen LogP contribution in [0, 0.1) is 18.5 Å². The minimum Gasteiger partial charge on any atom is -0.510 e. The maximum atomic E-state index is 6.91. The quantitative estimate of drug-likeness (QED) is 0.101. The van der Waals surface area contributed by atoms with Crippen molar-refractivity contribution in [2.45, 2.75) is 90.9 Å². The molecule has 0 bridgehead atoms. The zero-order valence-electron chi connectivity index (χ0n) is 41.8. The second kappa shape index (κ2) is 18.5. The molecule has 0 fully saturated rings. The van der Waals surface area contributed by atoms with E-state index >= 15 is 0 Å². The molecule has 0 saturated carbocycles. The van der Waals surface area contributed by atoms with Crippen LogP contribution in [-0.4, -0.2) is 14.1 Å². The van der Waals surface area contributed by atoms with Gasteiger partial charge in [-0.3, -0.25) is 4.57 Å². The molecule has 0 aliphatic heterocycles. The first kappa shape index (κ1) is 48.2. The summed E-state index contributed by atoms with van der Waals surface area (Å²) in [6.45, 7) is 22.7. The van der Waals surface area contributed by atoms with Crippen molar-refractivity contribution >= 4 is 21.8 Å². The first-order valence-corrected chi connectivity index (χ1v) is 24.0. The van der Waals surface area contributed by atoms with Crippen LogP contribution < -0.4 is 9.30 Å². The van der Waals surface area contributed by atoms with Crippen LogP contribution in [0.15, 0.2) is 182 Å². The number of nitrogens with zero attached hydrogens (tertiary/aromatic N) is 4. The van der Waals surface area contributed by atoms with Crippen LogP contribution in [0.4, 0.5) is 0 Å². The van der Waals surface area contributed by atoms with Gasteiger partial charge in [-0.05, 0) is 85.6 Å². The number of aromatic nitrogens is 4. The monoisotopic (exact) mass is 1100 g/mol. The fraction of sp³-hybridized carbons (Fsp3) is 0.219. The van der Waals surface area contributed by atoms with Crippen LogP contribution in [0.1, 0.15) is 103 Å². The van der Waals surface area contributed by atoms with Gasteiger partial charge in [0.2, 0.25) is 0 Å². The predicted molar refractivity (Wildman–Crippen MR) is 282 cm³/mol.